The van der Waals surface area contributed by atoms with Gasteiger partial charge in [0.15, 0.2) is 0 Å². The van der Waals surface area contributed by atoms with Crippen molar-refractivity contribution in [2.24, 2.45) is 11.3 Å². The topological polar surface area (TPSA) is 98.8 Å². The average Bonchev–Trinajstić information content (AvgIpc) is 3.19. The van der Waals surface area contributed by atoms with Gasteiger partial charge in [-0.05, 0) is 75.1 Å². The van der Waals surface area contributed by atoms with Crippen LogP contribution in [-0.2, 0) is 27.8 Å². The number of ether oxygens (including phenoxy) is 1. The maximum Gasteiger partial charge on any atom is 0.511 e. The highest BCUT2D eigenvalue weighted by Crippen LogP contribution is 2.67. The van der Waals surface area contributed by atoms with E-state index in [1.54, 1.807) is 45.2 Å². The Balaban J connectivity index is 1.59. The predicted molar refractivity (Wildman–Crippen MR) is 135 cm³/mol. The molecule has 4 aliphatic rings. The number of carbonyl (C=O) groups is 1. The molecule has 0 radical (unpaired) electrons. The van der Waals surface area contributed by atoms with Gasteiger partial charge in [0, 0.05) is 43.8 Å². The molecule has 2 aromatic rings. The van der Waals surface area contributed by atoms with Crippen molar-refractivity contribution in [3.8, 4) is 0 Å². The Labute approximate surface area is 220 Å². The third-order valence-corrected chi connectivity index (χ3v) is 9.39. The second kappa shape index (κ2) is 8.87. The molecule has 2 bridgehead atoms. The number of imidazole rings is 1. The van der Waals surface area contributed by atoms with Crippen LogP contribution in [0.1, 0.15) is 51.3 Å². The number of anilines is 2. The molecule has 1 amide bonds. The Morgan fingerprint density at radius 1 is 1.24 bits per heavy atom. The Kier molecular flexibility index (Phi) is 6.25. The lowest BCUT2D eigenvalue weighted by atomic mass is 9.41. The van der Waals surface area contributed by atoms with Gasteiger partial charge in [-0.2, -0.15) is 17.5 Å². The standard InChI is InChI=1S/C25H32F3N5O4S/c1-23(2,3)37-22(34)31(4)19-5-6-20-17(7-19)12-32(38(35,36)25(26,27)28)14-21(24-8-16(9-24)10-24)33(20)13-18-11-29-15-30-18/h5-7,11,15-16,21H,8-10,12-14H2,1-4H3,(H,29,30). The zero-order valence-electron chi connectivity index (χ0n) is 21.7. The van der Waals surface area contributed by atoms with Gasteiger partial charge in [0.2, 0.25) is 0 Å². The SMILES string of the molecule is CN(C(=O)OC(C)(C)C)c1ccc2c(c1)CN(S(=O)(=O)C(F)(F)F)CC(C13CC(C1)C3)N2Cc1cnc[nH]1. The number of carbonyl (C=O) groups excluding carboxylic acids is 1. The molecule has 3 aliphatic carbocycles. The van der Waals surface area contributed by atoms with Crippen LogP contribution in [0.3, 0.4) is 0 Å². The fourth-order valence-electron chi connectivity index (χ4n) is 5.89. The van der Waals surface area contributed by atoms with Gasteiger partial charge in [-0.1, -0.05) is 0 Å². The maximum absolute atomic E-state index is 13.8. The lowest BCUT2D eigenvalue weighted by Gasteiger charge is -2.67. The molecule has 1 aromatic heterocycles. The van der Waals surface area contributed by atoms with Crippen molar-refractivity contribution in [3.63, 3.8) is 0 Å². The summed E-state index contributed by atoms with van der Waals surface area (Å²) in [6.07, 6.45) is 5.15. The number of sulfonamides is 1. The van der Waals surface area contributed by atoms with E-state index in [-0.39, 0.29) is 12.0 Å². The van der Waals surface area contributed by atoms with Gasteiger partial charge in [-0.25, -0.2) is 18.2 Å². The summed E-state index contributed by atoms with van der Waals surface area (Å²) in [5.74, 6) is 0.546. The second-order valence-corrected chi connectivity index (χ2v) is 13.6. The first kappa shape index (κ1) is 26.8. The number of nitrogens with one attached hydrogen (secondary N) is 1. The lowest BCUT2D eigenvalue weighted by Crippen LogP contribution is -2.66. The molecule has 38 heavy (non-hydrogen) atoms. The molecule has 208 valence electrons. The highest BCUT2D eigenvalue weighted by Gasteiger charge is 2.63. The van der Waals surface area contributed by atoms with E-state index >= 15 is 0 Å². The minimum atomic E-state index is -5.60. The first-order valence-corrected chi connectivity index (χ1v) is 13.9. The van der Waals surface area contributed by atoms with E-state index in [1.807, 2.05) is 4.90 Å². The first-order valence-electron chi connectivity index (χ1n) is 12.5. The molecular weight excluding hydrogens is 523 g/mol. The highest BCUT2D eigenvalue weighted by atomic mass is 32.2. The van der Waals surface area contributed by atoms with Gasteiger partial charge in [-0.15, -0.1) is 0 Å². The molecule has 1 aliphatic heterocycles. The van der Waals surface area contributed by atoms with E-state index in [9.17, 15) is 26.4 Å². The number of hydrogen-bond donors (Lipinski definition) is 1. The molecule has 2 heterocycles. The average molecular weight is 556 g/mol. The van der Waals surface area contributed by atoms with Crippen LogP contribution in [0.2, 0.25) is 0 Å². The third-order valence-electron chi connectivity index (χ3n) is 7.85. The zero-order chi connectivity index (χ0) is 27.7. The van der Waals surface area contributed by atoms with Crippen molar-refractivity contribution < 1.29 is 31.1 Å². The smallest absolute Gasteiger partial charge is 0.443 e. The fraction of sp³-hybridized carbons (Fsp3) is 0.600. The number of nitrogens with zero attached hydrogens (tertiary/aromatic N) is 4. The molecule has 6 rings (SSSR count). The van der Waals surface area contributed by atoms with E-state index < -0.39 is 39.8 Å². The van der Waals surface area contributed by atoms with Crippen LogP contribution in [-0.4, -0.2) is 59.5 Å². The quantitative estimate of drug-likeness (QED) is 0.578. The van der Waals surface area contributed by atoms with Crippen LogP contribution in [0, 0.1) is 11.3 Å². The molecular formula is C25H32F3N5O4S. The molecule has 13 heteroatoms. The summed E-state index contributed by atoms with van der Waals surface area (Å²) in [6, 6.07) is 4.58. The third kappa shape index (κ3) is 4.63. The van der Waals surface area contributed by atoms with Gasteiger partial charge in [0.05, 0.1) is 18.6 Å². The second-order valence-electron chi connectivity index (χ2n) is 11.7. The number of amides is 1. The largest absolute Gasteiger partial charge is 0.511 e. The number of alkyl halides is 3. The number of H-pyrrole nitrogens is 1. The van der Waals surface area contributed by atoms with Gasteiger partial charge in [0.1, 0.15) is 5.60 Å². The van der Waals surface area contributed by atoms with Crippen LogP contribution < -0.4 is 9.80 Å². The zero-order valence-corrected chi connectivity index (χ0v) is 22.6. The van der Waals surface area contributed by atoms with E-state index in [4.69, 9.17) is 4.74 Å². The number of rotatable bonds is 5. The van der Waals surface area contributed by atoms with Crippen molar-refractivity contribution >= 4 is 27.5 Å². The molecule has 1 unspecified atom stereocenters. The van der Waals surface area contributed by atoms with Gasteiger partial charge in [0.25, 0.3) is 0 Å². The van der Waals surface area contributed by atoms with Crippen LogP contribution in [0.4, 0.5) is 29.3 Å². The number of halogens is 3. The predicted octanol–water partition coefficient (Wildman–Crippen LogP) is 4.62. The molecule has 0 saturated heterocycles. The number of aromatic nitrogens is 2. The Morgan fingerprint density at radius 3 is 2.45 bits per heavy atom. The molecule has 1 atom stereocenters. The van der Waals surface area contributed by atoms with Crippen LogP contribution >= 0.6 is 0 Å². The van der Waals surface area contributed by atoms with E-state index in [0.29, 0.717) is 33.7 Å². The molecule has 3 fully saturated rings. The van der Waals surface area contributed by atoms with Crippen LogP contribution in [0.5, 0.6) is 0 Å². The van der Waals surface area contributed by atoms with Crippen molar-refractivity contribution in [1.29, 1.82) is 0 Å². The molecule has 3 saturated carbocycles. The summed E-state index contributed by atoms with van der Waals surface area (Å²) < 4.78 is 72.9. The number of aromatic amines is 1. The minimum Gasteiger partial charge on any atom is -0.443 e. The fourth-order valence-corrected chi connectivity index (χ4v) is 6.83. The lowest BCUT2D eigenvalue weighted by molar-refractivity contribution is -0.129. The van der Waals surface area contributed by atoms with Crippen LogP contribution in [0.15, 0.2) is 30.7 Å². The van der Waals surface area contributed by atoms with E-state index in [0.717, 1.165) is 25.0 Å². The van der Waals surface area contributed by atoms with E-state index in [1.165, 1.54) is 18.3 Å². The van der Waals surface area contributed by atoms with Crippen molar-refractivity contribution in [2.75, 3.05) is 23.4 Å². The summed E-state index contributed by atoms with van der Waals surface area (Å²) >= 11 is 0. The van der Waals surface area contributed by atoms with E-state index in [2.05, 4.69) is 9.97 Å². The summed E-state index contributed by atoms with van der Waals surface area (Å²) in [5, 5.41) is 0. The maximum atomic E-state index is 13.8. The van der Waals surface area contributed by atoms with Crippen molar-refractivity contribution in [1.82, 2.24) is 14.3 Å². The highest BCUT2D eigenvalue weighted by molar-refractivity contribution is 7.89. The van der Waals surface area contributed by atoms with Gasteiger partial charge < -0.3 is 14.6 Å². The summed E-state index contributed by atoms with van der Waals surface area (Å²) in [6.45, 7) is 4.76. The molecule has 1 aromatic carbocycles. The Bertz CT molecular complexity index is 1310. The van der Waals surface area contributed by atoms with Gasteiger partial charge in [-0.3, -0.25) is 4.90 Å². The number of fused-ring (bicyclic) bond motifs is 1. The van der Waals surface area contributed by atoms with Crippen LogP contribution in [0.25, 0.3) is 0 Å². The molecule has 0 spiro atoms. The van der Waals surface area contributed by atoms with Crippen molar-refractivity contribution in [2.45, 2.75) is 70.3 Å². The number of benzene rings is 1. The van der Waals surface area contributed by atoms with Crippen molar-refractivity contribution in [3.05, 3.63) is 42.0 Å². The normalized spacial score (nSPS) is 25.6. The monoisotopic (exact) mass is 555 g/mol. The summed E-state index contributed by atoms with van der Waals surface area (Å²) in [7, 11) is -4.10. The Hall–Kier alpha value is -2.80. The Morgan fingerprint density at radius 2 is 1.92 bits per heavy atom. The number of hydrogen-bond acceptors (Lipinski definition) is 6. The summed E-state index contributed by atoms with van der Waals surface area (Å²) in [4.78, 5) is 23.1. The van der Waals surface area contributed by atoms with Gasteiger partial charge >= 0.3 is 21.6 Å². The molecule has 9 nitrogen and oxygen atoms in total. The summed E-state index contributed by atoms with van der Waals surface area (Å²) in [5.41, 5.74) is -4.26. The first-order chi connectivity index (χ1) is 17.6. The minimum absolute atomic E-state index is 0.238. The molecule has 1 N–H and O–H groups in total.